The number of aryl methyl sites for hydroxylation is 1. The van der Waals surface area contributed by atoms with E-state index in [9.17, 15) is 5.11 Å². The summed E-state index contributed by atoms with van der Waals surface area (Å²) >= 11 is 0. The third kappa shape index (κ3) is 4.67. The van der Waals surface area contributed by atoms with Gasteiger partial charge in [0.1, 0.15) is 5.75 Å². The summed E-state index contributed by atoms with van der Waals surface area (Å²) in [4.78, 5) is 0. The van der Waals surface area contributed by atoms with Crippen molar-refractivity contribution in [2.24, 2.45) is 0 Å². The van der Waals surface area contributed by atoms with Crippen LogP contribution >= 0.6 is 0 Å². The van der Waals surface area contributed by atoms with E-state index in [0.29, 0.717) is 5.75 Å². The van der Waals surface area contributed by atoms with Gasteiger partial charge in [0.15, 0.2) is 6.29 Å². The smallest absolute Gasteiger partial charge is 0.157 e. The molecule has 0 bridgehead atoms. The lowest BCUT2D eigenvalue weighted by molar-refractivity contribution is -0.162. The molecule has 1 heterocycles. The number of aromatic hydroxyl groups is 1. The van der Waals surface area contributed by atoms with E-state index in [4.69, 9.17) is 9.47 Å². The Kier molecular flexibility index (Phi) is 5.49. The lowest BCUT2D eigenvalue weighted by Gasteiger charge is -2.22. The van der Waals surface area contributed by atoms with Crippen LogP contribution in [0, 0.1) is 0 Å². The van der Waals surface area contributed by atoms with Gasteiger partial charge in [0, 0.05) is 13.2 Å². The largest absolute Gasteiger partial charge is 0.508 e. The molecule has 0 aliphatic carbocycles. The van der Waals surface area contributed by atoms with E-state index in [0.717, 1.165) is 38.9 Å². The molecule has 1 N–H and O–H groups in total. The van der Waals surface area contributed by atoms with Gasteiger partial charge in [-0.05, 0) is 56.2 Å². The molecule has 1 fully saturated rings. The van der Waals surface area contributed by atoms with Crippen molar-refractivity contribution in [2.45, 2.75) is 44.8 Å². The zero-order valence-electron chi connectivity index (χ0n) is 10.8. The van der Waals surface area contributed by atoms with E-state index in [1.54, 1.807) is 12.1 Å². The van der Waals surface area contributed by atoms with E-state index in [2.05, 4.69) is 0 Å². The van der Waals surface area contributed by atoms with Gasteiger partial charge in [-0.1, -0.05) is 12.1 Å². The third-order valence-electron chi connectivity index (χ3n) is 3.24. The second-order valence-electron chi connectivity index (χ2n) is 4.79. The first-order chi connectivity index (χ1) is 8.84. The number of rotatable bonds is 6. The summed E-state index contributed by atoms with van der Waals surface area (Å²) in [6.45, 7) is 1.63. The number of benzene rings is 1. The molecule has 1 atom stereocenters. The molecular weight excluding hydrogens is 228 g/mol. The van der Waals surface area contributed by atoms with Crippen molar-refractivity contribution < 1.29 is 14.6 Å². The molecule has 0 amide bonds. The van der Waals surface area contributed by atoms with Gasteiger partial charge in [0.05, 0.1) is 0 Å². The molecule has 1 unspecified atom stereocenters. The molecule has 3 heteroatoms. The Morgan fingerprint density at radius 2 is 2.00 bits per heavy atom. The van der Waals surface area contributed by atoms with E-state index in [-0.39, 0.29) is 6.29 Å². The Labute approximate surface area is 109 Å². The Morgan fingerprint density at radius 1 is 1.17 bits per heavy atom. The summed E-state index contributed by atoms with van der Waals surface area (Å²) in [5.41, 5.74) is 1.27. The standard InChI is InChI=1S/C15H22O3/c16-14-9-7-13(8-10-14)5-1-3-11-17-15-6-2-4-12-18-15/h7-10,15-16H,1-6,11-12H2. The molecule has 1 saturated heterocycles. The first kappa shape index (κ1) is 13.4. The van der Waals surface area contributed by atoms with Crippen LogP contribution in [0.1, 0.15) is 37.7 Å². The zero-order valence-corrected chi connectivity index (χ0v) is 10.8. The lowest BCUT2D eigenvalue weighted by atomic mass is 10.1. The predicted octanol–water partition coefficient (Wildman–Crippen LogP) is 3.26. The van der Waals surface area contributed by atoms with Crippen LogP contribution in [-0.2, 0) is 15.9 Å². The first-order valence-corrected chi connectivity index (χ1v) is 6.86. The highest BCUT2D eigenvalue weighted by atomic mass is 16.7. The van der Waals surface area contributed by atoms with Crippen LogP contribution in [0.3, 0.4) is 0 Å². The number of hydrogen-bond acceptors (Lipinski definition) is 3. The number of phenols is 1. The van der Waals surface area contributed by atoms with Crippen molar-refractivity contribution in [3.8, 4) is 5.75 Å². The first-order valence-electron chi connectivity index (χ1n) is 6.86. The fourth-order valence-electron chi connectivity index (χ4n) is 2.15. The topological polar surface area (TPSA) is 38.7 Å². The molecule has 100 valence electrons. The summed E-state index contributed by atoms with van der Waals surface area (Å²) in [5.74, 6) is 0.330. The van der Waals surface area contributed by atoms with Crippen LogP contribution in [0.15, 0.2) is 24.3 Å². The van der Waals surface area contributed by atoms with Crippen molar-refractivity contribution in [1.29, 1.82) is 0 Å². The summed E-state index contributed by atoms with van der Waals surface area (Å²) < 4.78 is 11.2. The average molecular weight is 250 g/mol. The molecule has 1 aliphatic rings. The maximum atomic E-state index is 9.18. The predicted molar refractivity (Wildman–Crippen MR) is 70.6 cm³/mol. The number of ether oxygens (including phenoxy) is 2. The monoisotopic (exact) mass is 250 g/mol. The maximum absolute atomic E-state index is 9.18. The Bertz CT molecular complexity index is 328. The molecule has 0 aromatic heterocycles. The van der Waals surface area contributed by atoms with Crippen LogP contribution in [0.5, 0.6) is 5.75 Å². The minimum atomic E-state index is 0.0347. The van der Waals surface area contributed by atoms with Crippen LogP contribution in [0.2, 0.25) is 0 Å². The van der Waals surface area contributed by atoms with Gasteiger partial charge < -0.3 is 14.6 Å². The summed E-state index contributed by atoms with van der Waals surface area (Å²) in [7, 11) is 0. The summed E-state index contributed by atoms with van der Waals surface area (Å²) in [6, 6.07) is 7.42. The molecule has 0 radical (unpaired) electrons. The van der Waals surface area contributed by atoms with Crippen molar-refractivity contribution >= 4 is 0 Å². The minimum absolute atomic E-state index is 0.0347. The van der Waals surface area contributed by atoms with Gasteiger partial charge in [0.2, 0.25) is 0 Å². The molecule has 3 nitrogen and oxygen atoms in total. The van der Waals surface area contributed by atoms with Gasteiger partial charge >= 0.3 is 0 Å². The summed E-state index contributed by atoms with van der Waals surface area (Å²) in [6.07, 6.45) is 6.66. The zero-order chi connectivity index (χ0) is 12.6. The van der Waals surface area contributed by atoms with E-state index in [1.165, 1.54) is 18.4 Å². The maximum Gasteiger partial charge on any atom is 0.157 e. The van der Waals surface area contributed by atoms with Gasteiger partial charge in [0.25, 0.3) is 0 Å². The van der Waals surface area contributed by atoms with Crippen LogP contribution < -0.4 is 0 Å². The average Bonchev–Trinajstić information content (AvgIpc) is 2.42. The van der Waals surface area contributed by atoms with E-state index in [1.807, 2.05) is 12.1 Å². The Hall–Kier alpha value is -1.06. The van der Waals surface area contributed by atoms with Crippen molar-refractivity contribution in [3.05, 3.63) is 29.8 Å². The fourth-order valence-corrected chi connectivity index (χ4v) is 2.15. The fraction of sp³-hybridized carbons (Fsp3) is 0.600. The van der Waals surface area contributed by atoms with Crippen LogP contribution in [0.4, 0.5) is 0 Å². The number of hydrogen-bond donors (Lipinski definition) is 1. The van der Waals surface area contributed by atoms with Crippen LogP contribution in [0.25, 0.3) is 0 Å². The number of phenolic OH excluding ortho intramolecular Hbond substituents is 1. The normalized spacial score (nSPS) is 19.9. The molecular formula is C15H22O3. The highest BCUT2D eigenvalue weighted by Gasteiger charge is 2.13. The molecule has 18 heavy (non-hydrogen) atoms. The highest BCUT2D eigenvalue weighted by Crippen LogP contribution is 2.15. The van der Waals surface area contributed by atoms with Gasteiger partial charge in [-0.15, -0.1) is 0 Å². The van der Waals surface area contributed by atoms with Crippen molar-refractivity contribution in [3.63, 3.8) is 0 Å². The van der Waals surface area contributed by atoms with Gasteiger partial charge in [-0.25, -0.2) is 0 Å². The Balaban J connectivity index is 1.54. The molecule has 1 aromatic carbocycles. The Morgan fingerprint density at radius 3 is 2.72 bits per heavy atom. The molecule has 1 aliphatic heterocycles. The van der Waals surface area contributed by atoms with Crippen LogP contribution in [-0.4, -0.2) is 24.6 Å². The van der Waals surface area contributed by atoms with Gasteiger partial charge in [-0.3, -0.25) is 0 Å². The second kappa shape index (κ2) is 7.39. The second-order valence-corrected chi connectivity index (χ2v) is 4.79. The SMILES string of the molecule is Oc1ccc(CCCCOC2CCCCO2)cc1. The minimum Gasteiger partial charge on any atom is -0.508 e. The molecule has 0 spiro atoms. The van der Waals surface area contributed by atoms with Gasteiger partial charge in [-0.2, -0.15) is 0 Å². The van der Waals surface area contributed by atoms with Crippen molar-refractivity contribution in [2.75, 3.05) is 13.2 Å². The highest BCUT2D eigenvalue weighted by molar-refractivity contribution is 5.25. The quantitative estimate of drug-likeness (QED) is 0.788. The molecule has 1 aromatic rings. The number of unbranched alkanes of at least 4 members (excludes halogenated alkanes) is 1. The summed E-state index contributed by atoms with van der Waals surface area (Å²) in [5, 5.41) is 9.18. The molecule has 0 saturated carbocycles. The van der Waals surface area contributed by atoms with E-state index >= 15 is 0 Å². The molecule has 2 rings (SSSR count). The van der Waals surface area contributed by atoms with E-state index < -0.39 is 0 Å². The third-order valence-corrected chi connectivity index (χ3v) is 3.24. The van der Waals surface area contributed by atoms with Crippen molar-refractivity contribution in [1.82, 2.24) is 0 Å². The lowest BCUT2D eigenvalue weighted by Crippen LogP contribution is -2.22.